The zero-order chi connectivity index (χ0) is 9.97. The van der Waals surface area contributed by atoms with Gasteiger partial charge in [0.2, 0.25) is 0 Å². The van der Waals surface area contributed by atoms with Gasteiger partial charge in [-0.1, -0.05) is 12.2 Å². The lowest BCUT2D eigenvalue weighted by molar-refractivity contribution is 0.573. The molecule has 4 nitrogen and oxygen atoms in total. The van der Waals surface area contributed by atoms with E-state index in [9.17, 15) is 0 Å². The number of hydrogen-bond acceptors (Lipinski definition) is 4. The van der Waals surface area contributed by atoms with Gasteiger partial charge < -0.3 is 15.6 Å². The first-order valence-electron chi connectivity index (χ1n) is 4.87. The molecule has 0 atom stereocenters. The summed E-state index contributed by atoms with van der Waals surface area (Å²) in [4.78, 5) is 9.26. The lowest BCUT2D eigenvalue weighted by Gasteiger charge is -2.28. The van der Waals surface area contributed by atoms with Gasteiger partial charge in [0.1, 0.15) is 11.5 Å². The number of nitrogens with one attached hydrogen (secondary N) is 1. The second-order valence-electron chi connectivity index (χ2n) is 3.52. The van der Waals surface area contributed by atoms with Crippen LogP contribution in [0.25, 0.3) is 0 Å². The molecule has 0 unspecified atom stereocenters. The molecule has 1 aliphatic heterocycles. The Kier molecular flexibility index (Phi) is 2.67. The number of nitrogen functional groups attached to an aromatic ring is 1. The Morgan fingerprint density at radius 1 is 1.36 bits per heavy atom. The van der Waals surface area contributed by atoms with Crippen molar-refractivity contribution in [3.8, 4) is 0 Å². The fourth-order valence-corrected chi connectivity index (χ4v) is 1.93. The predicted molar refractivity (Wildman–Crippen MR) is 59.9 cm³/mol. The SMILES string of the molecule is Nc1c(N2CCCCC2)[nH]cnc1=S. The third kappa shape index (κ3) is 1.72. The highest BCUT2D eigenvalue weighted by Crippen LogP contribution is 2.23. The Labute approximate surface area is 88.1 Å². The Morgan fingerprint density at radius 2 is 2.07 bits per heavy atom. The molecule has 76 valence electrons. The molecule has 0 amide bonds. The molecule has 2 rings (SSSR count). The molecular weight excluding hydrogens is 196 g/mol. The third-order valence-electron chi connectivity index (χ3n) is 2.54. The summed E-state index contributed by atoms with van der Waals surface area (Å²) < 4.78 is 0.490. The van der Waals surface area contributed by atoms with Gasteiger partial charge in [0.25, 0.3) is 0 Å². The highest BCUT2D eigenvalue weighted by atomic mass is 32.1. The quantitative estimate of drug-likeness (QED) is 0.693. The molecule has 0 aromatic carbocycles. The third-order valence-corrected chi connectivity index (χ3v) is 2.87. The number of hydrogen-bond donors (Lipinski definition) is 2. The van der Waals surface area contributed by atoms with E-state index >= 15 is 0 Å². The summed E-state index contributed by atoms with van der Waals surface area (Å²) in [5.74, 6) is 0.935. The van der Waals surface area contributed by atoms with Crippen molar-refractivity contribution in [3.05, 3.63) is 11.0 Å². The smallest absolute Gasteiger partial charge is 0.154 e. The van der Waals surface area contributed by atoms with Crippen LogP contribution in [0.4, 0.5) is 11.5 Å². The maximum Gasteiger partial charge on any atom is 0.154 e. The van der Waals surface area contributed by atoms with Crippen LogP contribution in [-0.2, 0) is 0 Å². The maximum absolute atomic E-state index is 5.87. The van der Waals surface area contributed by atoms with E-state index in [0.717, 1.165) is 18.9 Å². The number of aromatic amines is 1. The van der Waals surface area contributed by atoms with Crippen LogP contribution in [0.1, 0.15) is 19.3 Å². The van der Waals surface area contributed by atoms with Gasteiger partial charge in [-0.3, -0.25) is 0 Å². The predicted octanol–water partition coefficient (Wildman–Crippen LogP) is 1.71. The molecular formula is C9H14N4S. The van der Waals surface area contributed by atoms with Gasteiger partial charge >= 0.3 is 0 Å². The van der Waals surface area contributed by atoms with Crippen LogP contribution in [0.2, 0.25) is 0 Å². The van der Waals surface area contributed by atoms with Gasteiger partial charge in [-0.05, 0) is 19.3 Å². The molecule has 2 heterocycles. The number of anilines is 2. The first-order valence-corrected chi connectivity index (χ1v) is 5.28. The molecule has 1 saturated heterocycles. The summed E-state index contributed by atoms with van der Waals surface area (Å²) in [6.07, 6.45) is 5.37. The standard InChI is InChI=1S/C9H14N4S/c10-7-8(11-6-12-9(7)14)13-4-2-1-3-5-13/h6H,1-5,10H2,(H,11,12,14). The molecule has 1 aromatic rings. The zero-order valence-electron chi connectivity index (χ0n) is 7.99. The summed E-state index contributed by atoms with van der Waals surface area (Å²) in [7, 11) is 0. The van der Waals surface area contributed by atoms with E-state index in [1.165, 1.54) is 19.3 Å². The van der Waals surface area contributed by atoms with Crippen molar-refractivity contribution in [2.75, 3.05) is 23.7 Å². The topological polar surface area (TPSA) is 57.9 Å². The highest BCUT2D eigenvalue weighted by molar-refractivity contribution is 7.71. The molecule has 5 heteroatoms. The van der Waals surface area contributed by atoms with Crippen molar-refractivity contribution in [2.45, 2.75) is 19.3 Å². The Morgan fingerprint density at radius 3 is 2.79 bits per heavy atom. The van der Waals surface area contributed by atoms with E-state index < -0.39 is 0 Å². The fourth-order valence-electron chi connectivity index (χ4n) is 1.78. The first kappa shape index (κ1) is 9.45. The molecule has 0 aliphatic carbocycles. The van der Waals surface area contributed by atoms with Crippen molar-refractivity contribution in [3.63, 3.8) is 0 Å². The second kappa shape index (κ2) is 3.96. The average molecular weight is 210 g/mol. The number of aromatic nitrogens is 2. The average Bonchev–Trinajstić information content (AvgIpc) is 2.23. The molecule has 1 aromatic heterocycles. The molecule has 1 fully saturated rings. The molecule has 1 aliphatic rings. The summed E-state index contributed by atoms with van der Waals surface area (Å²) in [6, 6.07) is 0. The van der Waals surface area contributed by atoms with E-state index in [4.69, 9.17) is 18.0 Å². The molecule has 3 N–H and O–H groups in total. The van der Waals surface area contributed by atoms with E-state index in [2.05, 4.69) is 14.9 Å². The van der Waals surface area contributed by atoms with Gasteiger partial charge in [-0.2, -0.15) is 0 Å². The van der Waals surface area contributed by atoms with Crippen LogP contribution in [0.3, 0.4) is 0 Å². The summed E-state index contributed by atoms with van der Waals surface area (Å²) >= 11 is 5.03. The molecule has 0 bridgehead atoms. The summed E-state index contributed by atoms with van der Waals surface area (Å²) in [5.41, 5.74) is 6.48. The van der Waals surface area contributed by atoms with E-state index in [-0.39, 0.29) is 0 Å². The summed E-state index contributed by atoms with van der Waals surface area (Å²) in [6.45, 7) is 2.11. The lowest BCUT2D eigenvalue weighted by atomic mass is 10.1. The monoisotopic (exact) mass is 210 g/mol. The van der Waals surface area contributed by atoms with Crippen molar-refractivity contribution in [1.82, 2.24) is 9.97 Å². The highest BCUT2D eigenvalue weighted by Gasteiger charge is 2.14. The molecule has 0 radical (unpaired) electrons. The van der Waals surface area contributed by atoms with Crippen LogP contribution in [0.5, 0.6) is 0 Å². The second-order valence-corrected chi connectivity index (χ2v) is 3.90. The lowest BCUT2D eigenvalue weighted by Crippen LogP contribution is -2.31. The van der Waals surface area contributed by atoms with E-state index in [1.807, 2.05) is 0 Å². The van der Waals surface area contributed by atoms with Crippen LogP contribution >= 0.6 is 12.2 Å². The van der Waals surface area contributed by atoms with Crippen molar-refractivity contribution in [1.29, 1.82) is 0 Å². The number of rotatable bonds is 1. The minimum atomic E-state index is 0.490. The minimum absolute atomic E-state index is 0.490. The van der Waals surface area contributed by atoms with Crippen LogP contribution in [-0.4, -0.2) is 23.1 Å². The van der Waals surface area contributed by atoms with Gasteiger partial charge in [-0.25, -0.2) is 4.98 Å². The van der Waals surface area contributed by atoms with Crippen molar-refractivity contribution in [2.24, 2.45) is 0 Å². The van der Waals surface area contributed by atoms with Gasteiger partial charge in [0.05, 0.1) is 6.33 Å². The summed E-state index contributed by atoms with van der Waals surface area (Å²) in [5, 5.41) is 0. The zero-order valence-corrected chi connectivity index (χ0v) is 8.81. The Balaban J connectivity index is 2.30. The largest absolute Gasteiger partial charge is 0.393 e. The number of nitrogens with zero attached hydrogens (tertiary/aromatic N) is 2. The normalized spacial score (nSPS) is 17.0. The fraction of sp³-hybridized carbons (Fsp3) is 0.556. The molecule has 0 saturated carbocycles. The molecule has 0 spiro atoms. The maximum atomic E-state index is 5.87. The van der Waals surface area contributed by atoms with Crippen LogP contribution < -0.4 is 10.6 Å². The number of nitrogens with two attached hydrogens (primary N) is 1. The number of piperidine rings is 1. The van der Waals surface area contributed by atoms with Crippen molar-refractivity contribution >= 4 is 23.7 Å². The van der Waals surface area contributed by atoms with E-state index in [1.54, 1.807) is 6.33 Å². The minimum Gasteiger partial charge on any atom is -0.393 e. The van der Waals surface area contributed by atoms with Crippen molar-refractivity contribution < 1.29 is 0 Å². The van der Waals surface area contributed by atoms with Crippen LogP contribution in [0, 0.1) is 4.64 Å². The Hall–Kier alpha value is -1.10. The van der Waals surface area contributed by atoms with E-state index in [0.29, 0.717) is 10.3 Å². The number of H-pyrrole nitrogens is 1. The van der Waals surface area contributed by atoms with Crippen LogP contribution in [0.15, 0.2) is 6.33 Å². The molecule has 14 heavy (non-hydrogen) atoms. The van der Waals surface area contributed by atoms with Gasteiger partial charge in [-0.15, -0.1) is 0 Å². The first-order chi connectivity index (χ1) is 6.79. The Bertz CT molecular complexity index is 367. The van der Waals surface area contributed by atoms with Gasteiger partial charge in [0.15, 0.2) is 4.64 Å². The van der Waals surface area contributed by atoms with Gasteiger partial charge in [0, 0.05) is 13.1 Å².